The van der Waals surface area contributed by atoms with E-state index in [4.69, 9.17) is 9.78 Å². The van der Waals surface area contributed by atoms with E-state index in [0.29, 0.717) is 42.9 Å². The molecule has 3 heterocycles. The van der Waals surface area contributed by atoms with Gasteiger partial charge in [0.2, 0.25) is 10.0 Å². The number of pyridine rings is 1. The topological polar surface area (TPSA) is 100 Å². The highest BCUT2D eigenvalue weighted by Gasteiger charge is 2.34. The highest BCUT2D eigenvalue weighted by atomic mass is 32.2. The molecule has 1 saturated heterocycles. The fraction of sp³-hybridized carbons (Fsp3) is 0.438. The summed E-state index contributed by atoms with van der Waals surface area (Å²) in [4.78, 5) is 4.50. The molecule has 126 valence electrons. The van der Waals surface area contributed by atoms with Crippen LogP contribution in [0.4, 0.5) is 0 Å². The molecule has 8 heteroatoms. The van der Waals surface area contributed by atoms with Crippen molar-refractivity contribution in [3.8, 4) is 6.07 Å². The maximum Gasteiger partial charge on any atom is 0.248 e. The third-order valence-electron chi connectivity index (χ3n) is 4.35. The first kappa shape index (κ1) is 16.6. The van der Waals surface area contributed by atoms with Crippen LogP contribution in [0.2, 0.25) is 0 Å². The van der Waals surface area contributed by atoms with Crippen molar-refractivity contribution in [3.63, 3.8) is 0 Å². The lowest BCUT2D eigenvalue weighted by Crippen LogP contribution is -2.38. The van der Waals surface area contributed by atoms with E-state index in [9.17, 15) is 8.42 Å². The Bertz CT molecular complexity index is 854. The first-order valence-corrected chi connectivity index (χ1v) is 9.16. The monoisotopic (exact) mass is 346 g/mol. The number of nitrogens with zero attached hydrogens (tertiary/aromatic N) is 4. The second-order valence-electron chi connectivity index (χ2n) is 5.92. The molecule has 0 atom stereocenters. The van der Waals surface area contributed by atoms with Crippen molar-refractivity contribution < 1.29 is 12.9 Å². The summed E-state index contributed by atoms with van der Waals surface area (Å²) in [5, 5.41) is 12.6. The van der Waals surface area contributed by atoms with E-state index in [0.717, 1.165) is 5.69 Å². The predicted molar refractivity (Wildman–Crippen MR) is 85.7 cm³/mol. The van der Waals surface area contributed by atoms with Crippen molar-refractivity contribution >= 4 is 10.0 Å². The van der Waals surface area contributed by atoms with E-state index in [1.807, 2.05) is 12.1 Å². The number of hydrogen-bond donors (Lipinski definition) is 0. The molecule has 24 heavy (non-hydrogen) atoms. The molecule has 3 rings (SSSR count). The number of aromatic nitrogens is 2. The van der Waals surface area contributed by atoms with Gasteiger partial charge in [-0.05, 0) is 38.8 Å². The van der Waals surface area contributed by atoms with Crippen LogP contribution >= 0.6 is 0 Å². The summed E-state index contributed by atoms with van der Waals surface area (Å²) in [7, 11) is -3.58. The van der Waals surface area contributed by atoms with Crippen LogP contribution in [0.15, 0.2) is 27.7 Å². The summed E-state index contributed by atoms with van der Waals surface area (Å²) >= 11 is 0. The molecule has 1 fully saturated rings. The van der Waals surface area contributed by atoms with Gasteiger partial charge >= 0.3 is 0 Å². The van der Waals surface area contributed by atoms with Crippen molar-refractivity contribution in [1.82, 2.24) is 14.4 Å². The van der Waals surface area contributed by atoms with Gasteiger partial charge in [-0.3, -0.25) is 4.98 Å². The van der Waals surface area contributed by atoms with Crippen LogP contribution < -0.4 is 0 Å². The molecule has 0 spiro atoms. The smallest absolute Gasteiger partial charge is 0.248 e. The Morgan fingerprint density at radius 2 is 2.00 bits per heavy atom. The summed E-state index contributed by atoms with van der Waals surface area (Å²) in [6.07, 6.45) is 2.95. The first-order chi connectivity index (χ1) is 11.4. The molecule has 1 aliphatic rings. The second kappa shape index (κ2) is 6.34. The molecule has 1 aliphatic heterocycles. The van der Waals surface area contributed by atoms with E-state index in [2.05, 4.69) is 10.1 Å². The van der Waals surface area contributed by atoms with Crippen LogP contribution in [0.1, 0.15) is 41.5 Å². The van der Waals surface area contributed by atoms with E-state index in [-0.39, 0.29) is 10.8 Å². The quantitative estimate of drug-likeness (QED) is 0.844. The molecule has 0 radical (unpaired) electrons. The Kier molecular flexibility index (Phi) is 4.39. The van der Waals surface area contributed by atoms with Gasteiger partial charge in [-0.1, -0.05) is 5.16 Å². The maximum absolute atomic E-state index is 12.8. The minimum atomic E-state index is -3.58. The number of piperidine rings is 1. The Labute approximate surface area is 141 Å². The Morgan fingerprint density at radius 1 is 1.29 bits per heavy atom. The fourth-order valence-electron chi connectivity index (χ4n) is 3.08. The minimum Gasteiger partial charge on any atom is -0.360 e. The van der Waals surface area contributed by atoms with Gasteiger partial charge in [0.15, 0.2) is 5.76 Å². The van der Waals surface area contributed by atoms with Crippen LogP contribution in [0.3, 0.4) is 0 Å². The van der Waals surface area contributed by atoms with Crippen molar-refractivity contribution in [2.24, 2.45) is 0 Å². The molecule has 0 aliphatic carbocycles. The number of rotatable bonds is 3. The molecule has 2 aromatic rings. The van der Waals surface area contributed by atoms with Gasteiger partial charge in [-0.25, -0.2) is 8.42 Å². The third-order valence-corrected chi connectivity index (χ3v) is 6.50. The summed E-state index contributed by atoms with van der Waals surface area (Å²) in [6.45, 7) is 4.11. The lowest BCUT2D eigenvalue weighted by atomic mass is 9.94. The highest BCUT2D eigenvalue weighted by molar-refractivity contribution is 7.89. The Balaban J connectivity index is 1.74. The van der Waals surface area contributed by atoms with Crippen LogP contribution in [-0.4, -0.2) is 36.0 Å². The Hall–Kier alpha value is -2.24. The van der Waals surface area contributed by atoms with Crippen molar-refractivity contribution in [2.75, 3.05) is 13.1 Å². The number of hydrogen-bond acceptors (Lipinski definition) is 6. The van der Waals surface area contributed by atoms with Gasteiger partial charge in [0.25, 0.3) is 0 Å². The SMILES string of the molecule is Cc1noc(C)c1S(=O)(=O)N1CCC(c2ccc(C#N)cn2)CC1. The van der Waals surface area contributed by atoms with E-state index in [1.54, 1.807) is 26.1 Å². The first-order valence-electron chi connectivity index (χ1n) is 7.72. The molecule has 7 nitrogen and oxygen atoms in total. The summed E-state index contributed by atoms with van der Waals surface area (Å²) < 4.78 is 32.1. The number of sulfonamides is 1. The second-order valence-corrected chi connectivity index (χ2v) is 7.79. The highest BCUT2D eigenvalue weighted by Crippen LogP contribution is 2.31. The number of aryl methyl sites for hydroxylation is 2. The van der Waals surface area contributed by atoms with Crippen molar-refractivity contribution in [2.45, 2.75) is 37.5 Å². The average Bonchev–Trinajstić information content (AvgIpc) is 2.94. The Morgan fingerprint density at radius 3 is 2.50 bits per heavy atom. The summed E-state index contributed by atoms with van der Waals surface area (Å²) in [5.74, 6) is 0.525. The zero-order valence-corrected chi connectivity index (χ0v) is 14.4. The van der Waals surface area contributed by atoms with E-state index >= 15 is 0 Å². The lowest BCUT2D eigenvalue weighted by Gasteiger charge is -2.30. The zero-order valence-electron chi connectivity index (χ0n) is 13.6. The largest absolute Gasteiger partial charge is 0.360 e. The van der Waals surface area contributed by atoms with Crippen LogP contribution in [0.5, 0.6) is 0 Å². The predicted octanol–water partition coefficient (Wildman–Crippen LogP) is 2.13. The van der Waals surface area contributed by atoms with Gasteiger partial charge in [0, 0.05) is 30.9 Å². The molecule has 0 bridgehead atoms. The van der Waals surface area contributed by atoms with Gasteiger partial charge in [0.1, 0.15) is 16.7 Å². The maximum atomic E-state index is 12.8. The zero-order chi connectivity index (χ0) is 17.3. The van der Waals surface area contributed by atoms with Crippen molar-refractivity contribution in [3.05, 3.63) is 41.0 Å². The van der Waals surface area contributed by atoms with Crippen LogP contribution in [0, 0.1) is 25.2 Å². The molecule has 0 amide bonds. The minimum absolute atomic E-state index is 0.178. The lowest BCUT2D eigenvalue weighted by molar-refractivity contribution is 0.316. The third kappa shape index (κ3) is 2.92. The number of nitriles is 1. The molecular formula is C16H18N4O3S. The van der Waals surface area contributed by atoms with Crippen molar-refractivity contribution in [1.29, 1.82) is 5.26 Å². The molecule has 0 saturated carbocycles. The molecular weight excluding hydrogens is 328 g/mol. The molecule has 0 N–H and O–H groups in total. The fourth-order valence-corrected chi connectivity index (χ4v) is 4.84. The summed E-state index contributed by atoms with van der Waals surface area (Å²) in [6, 6.07) is 5.64. The van der Waals surface area contributed by atoms with Gasteiger partial charge in [-0.2, -0.15) is 9.57 Å². The van der Waals surface area contributed by atoms with Crippen LogP contribution in [-0.2, 0) is 10.0 Å². The normalized spacial score (nSPS) is 16.9. The van der Waals surface area contributed by atoms with Gasteiger partial charge in [-0.15, -0.1) is 0 Å². The van der Waals surface area contributed by atoms with Gasteiger partial charge < -0.3 is 4.52 Å². The van der Waals surface area contributed by atoms with Gasteiger partial charge in [0.05, 0.1) is 5.56 Å². The molecule has 0 unspecified atom stereocenters. The van der Waals surface area contributed by atoms with Crippen LogP contribution in [0.25, 0.3) is 0 Å². The van der Waals surface area contributed by atoms with E-state index < -0.39 is 10.0 Å². The summed E-state index contributed by atoms with van der Waals surface area (Å²) in [5.41, 5.74) is 1.82. The molecule has 0 aromatic carbocycles. The standard InChI is InChI=1S/C16H18N4O3S/c1-11-16(12(2)23-19-11)24(21,22)20-7-5-14(6-8-20)15-4-3-13(9-17)10-18-15/h3-4,10,14H,5-8H2,1-2H3. The van der Waals surface area contributed by atoms with E-state index in [1.165, 1.54) is 4.31 Å². The average molecular weight is 346 g/mol. The molecule has 2 aromatic heterocycles.